The molecule has 0 atom stereocenters. The molecular weight excluding hydrogens is 378 g/mol. The average Bonchev–Trinajstić information content (AvgIpc) is 3.09. The van der Waals surface area contributed by atoms with Crippen molar-refractivity contribution < 1.29 is 19.1 Å². The first-order valence-corrected chi connectivity index (χ1v) is 9.62. The highest BCUT2D eigenvalue weighted by atomic mass is 35.5. The number of carbonyl (C=O) groups is 2. The first-order chi connectivity index (χ1) is 13.6. The minimum Gasteiger partial charge on any atom is -0.495 e. The monoisotopic (exact) mass is 397 g/mol. The molecule has 144 valence electrons. The third-order valence-corrected chi connectivity index (χ3v) is 5.44. The van der Waals surface area contributed by atoms with Crippen molar-refractivity contribution in [2.45, 2.75) is 25.7 Å². The lowest BCUT2D eigenvalue weighted by molar-refractivity contribution is 0.0475. The van der Waals surface area contributed by atoms with Crippen LogP contribution in [0.2, 0.25) is 5.02 Å². The molecule has 0 saturated carbocycles. The zero-order chi connectivity index (χ0) is 19.7. The van der Waals surface area contributed by atoms with Crippen molar-refractivity contribution in [1.29, 1.82) is 0 Å². The molecule has 2 aromatic carbocycles. The fourth-order valence-corrected chi connectivity index (χ4v) is 3.93. The van der Waals surface area contributed by atoms with Crippen LogP contribution in [0.1, 0.15) is 44.8 Å². The summed E-state index contributed by atoms with van der Waals surface area (Å²) in [4.78, 5) is 28.2. The fourth-order valence-electron chi connectivity index (χ4n) is 3.67. The van der Waals surface area contributed by atoms with Gasteiger partial charge in [-0.25, -0.2) is 4.79 Å². The van der Waals surface area contributed by atoms with E-state index < -0.39 is 5.97 Å². The van der Waals surface area contributed by atoms with Crippen LogP contribution >= 0.6 is 11.6 Å². The number of hydrogen-bond donors (Lipinski definition) is 1. The number of H-pyrrole nitrogens is 1. The maximum Gasteiger partial charge on any atom is 0.338 e. The Morgan fingerprint density at radius 2 is 1.86 bits per heavy atom. The van der Waals surface area contributed by atoms with E-state index in [0.717, 1.165) is 30.2 Å². The van der Waals surface area contributed by atoms with E-state index in [-0.39, 0.29) is 12.4 Å². The second-order valence-corrected chi connectivity index (χ2v) is 7.31. The lowest BCUT2D eigenvalue weighted by atomic mass is 9.95. The van der Waals surface area contributed by atoms with Gasteiger partial charge < -0.3 is 14.5 Å². The quantitative estimate of drug-likeness (QED) is 0.498. The maximum absolute atomic E-state index is 12.5. The van der Waals surface area contributed by atoms with E-state index in [0.29, 0.717) is 21.9 Å². The van der Waals surface area contributed by atoms with Gasteiger partial charge in [0.15, 0.2) is 12.4 Å². The molecule has 0 bridgehead atoms. The summed E-state index contributed by atoms with van der Waals surface area (Å²) in [5.74, 6) is -0.350. The Balaban J connectivity index is 1.47. The molecule has 0 amide bonds. The van der Waals surface area contributed by atoms with Crippen LogP contribution in [0.5, 0.6) is 5.75 Å². The van der Waals surface area contributed by atoms with Gasteiger partial charge in [-0.15, -0.1) is 0 Å². The molecule has 5 nitrogen and oxygen atoms in total. The minimum absolute atomic E-state index is 0.321. The molecule has 0 saturated heterocycles. The molecule has 1 aliphatic carbocycles. The van der Waals surface area contributed by atoms with Gasteiger partial charge in [-0.3, -0.25) is 4.79 Å². The average molecular weight is 398 g/mol. The molecule has 0 spiro atoms. The topological polar surface area (TPSA) is 68.4 Å². The maximum atomic E-state index is 12.5. The van der Waals surface area contributed by atoms with Crippen LogP contribution in [0.15, 0.2) is 36.4 Å². The summed E-state index contributed by atoms with van der Waals surface area (Å²) in [6, 6.07) is 10.2. The predicted octanol–water partition coefficient (Wildman–Crippen LogP) is 4.75. The van der Waals surface area contributed by atoms with Crippen LogP contribution in [0.25, 0.3) is 10.9 Å². The minimum atomic E-state index is -0.513. The van der Waals surface area contributed by atoms with E-state index >= 15 is 0 Å². The van der Waals surface area contributed by atoms with E-state index in [4.69, 9.17) is 21.1 Å². The van der Waals surface area contributed by atoms with Crippen molar-refractivity contribution in [3.05, 3.63) is 63.8 Å². The van der Waals surface area contributed by atoms with Crippen LogP contribution in [-0.4, -0.2) is 30.5 Å². The Morgan fingerprint density at radius 3 is 2.64 bits per heavy atom. The zero-order valence-electron chi connectivity index (χ0n) is 15.5. The summed E-state index contributed by atoms with van der Waals surface area (Å²) in [7, 11) is 1.50. The Hall–Kier alpha value is -2.79. The van der Waals surface area contributed by atoms with Crippen LogP contribution in [0.3, 0.4) is 0 Å². The van der Waals surface area contributed by atoms with Gasteiger partial charge in [-0.1, -0.05) is 11.6 Å². The summed E-state index contributed by atoms with van der Waals surface area (Å²) in [5.41, 5.74) is 4.40. The zero-order valence-corrected chi connectivity index (χ0v) is 16.3. The molecule has 3 aromatic rings. The number of ether oxygens (including phenoxy) is 2. The standard InChI is InChI=1S/C22H20ClNO4/c1-27-21-9-7-13(11-17(21)23)20(25)12-28-22(26)14-6-8-19-16(10-14)15-4-2-3-5-18(15)24-19/h6-11,24H,2-5,12H2,1H3. The second-order valence-electron chi connectivity index (χ2n) is 6.90. The normalized spacial score (nSPS) is 13.2. The molecule has 1 aliphatic rings. The summed E-state index contributed by atoms with van der Waals surface area (Å²) in [5, 5.41) is 1.40. The van der Waals surface area contributed by atoms with Gasteiger partial charge in [0.05, 0.1) is 17.7 Å². The Labute approximate surface area is 167 Å². The van der Waals surface area contributed by atoms with Gasteiger partial charge in [0.2, 0.25) is 0 Å². The molecule has 28 heavy (non-hydrogen) atoms. The van der Waals surface area contributed by atoms with E-state index in [1.54, 1.807) is 18.2 Å². The Morgan fingerprint density at radius 1 is 1.07 bits per heavy atom. The van der Waals surface area contributed by atoms with Gasteiger partial charge in [0.25, 0.3) is 0 Å². The molecule has 1 N–H and O–H groups in total. The highest BCUT2D eigenvalue weighted by molar-refractivity contribution is 6.32. The number of halogens is 1. The lowest BCUT2D eigenvalue weighted by Gasteiger charge is -2.10. The number of fused-ring (bicyclic) bond motifs is 3. The second kappa shape index (κ2) is 7.68. The van der Waals surface area contributed by atoms with Gasteiger partial charge in [0, 0.05) is 22.2 Å². The molecule has 1 aromatic heterocycles. The molecular formula is C22H20ClNO4. The van der Waals surface area contributed by atoms with Crippen LogP contribution in [0, 0.1) is 0 Å². The smallest absolute Gasteiger partial charge is 0.338 e. The van der Waals surface area contributed by atoms with Crippen molar-refractivity contribution in [2.75, 3.05) is 13.7 Å². The van der Waals surface area contributed by atoms with Crippen molar-refractivity contribution in [3.63, 3.8) is 0 Å². The number of benzene rings is 2. The SMILES string of the molecule is COc1ccc(C(=O)COC(=O)c2ccc3[nH]c4c(c3c2)CCCC4)cc1Cl. The van der Waals surface area contributed by atoms with Crippen molar-refractivity contribution in [2.24, 2.45) is 0 Å². The summed E-state index contributed by atoms with van der Waals surface area (Å²) >= 11 is 6.05. The number of aromatic nitrogens is 1. The molecule has 0 unspecified atom stereocenters. The molecule has 4 rings (SSSR count). The molecule has 0 fully saturated rings. The third-order valence-electron chi connectivity index (χ3n) is 5.14. The number of Topliss-reactive ketones (excluding diaryl/α,β-unsaturated/α-hetero) is 1. The number of ketones is 1. The summed E-state index contributed by atoms with van der Waals surface area (Å²) < 4.78 is 10.3. The van der Waals surface area contributed by atoms with E-state index in [1.807, 2.05) is 12.1 Å². The van der Waals surface area contributed by atoms with Gasteiger partial charge >= 0.3 is 5.97 Å². The number of rotatable bonds is 5. The van der Waals surface area contributed by atoms with Crippen molar-refractivity contribution in [3.8, 4) is 5.75 Å². The Bertz CT molecular complexity index is 1070. The van der Waals surface area contributed by atoms with Crippen LogP contribution < -0.4 is 4.74 Å². The van der Waals surface area contributed by atoms with Gasteiger partial charge in [-0.05, 0) is 67.6 Å². The Kier molecular flexibility index (Phi) is 5.09. The number of hydrogen-bond acceptors (Lipinski definition) is 4. The first kappa shape index (κ1) is 18.6. The lowest BCUT2D eigenvalue weighted by Crippen LogP contribution is -2.14. The number of carbonyl (C=O) groups excluding carboxylic acids is 2. The molecule has 0 radical (unpaired) electrons. The van der Waals surface area contributed by atoms with Gasteiger partial charge in [0.1, 0.15) is 5.75 Å². The third kappa shape index (κ3) is 3.50. The van der Waals surface area contributed by atoms with Gasteiger partial charge in [-0.2, -0.15) is 0 Å². The van der Waals surface area contributed by atoms with Crippen LogP contribution in [0.4, 0.5) is 0 Å². The highest BCUT2D eigenvalue weighted by Gasteiger charge is 2.18. The summed E-state index contributed by atoms with van der Waals surface area (Å²) in [6.45, 7) is -0.342. The number of esters is 1. The van der Waals surface area contributed by atoms with E-state index in [2.05, 4.69) is 4.98 Å². The molecule has 0 aliphatic heterocycles. The fraction of sp³-hybridized carbons (Fsp3) is 0.273. The number of aromatic amines is 1. The molecule has 6 heteroatoms. The van der Waals surface area contributed by atoms with Crippen molar-refractivity contribution >= 4 is 34.3 Å². The number of aryl methyl sites for hydroxylation is 2. The largest absolute Gasteiger partial charge is 0.495 e. The first-order valence-electron chi connectivity index (χ1n) is 9.24. The van der Waals surface area contributed by atoms with Crippen LogP contribution in [-0.2, 0) is 17.6 Å². The van der Waals surface area contributed by atoms with E-state index in [9.17, 15) is 9.59 Å². The van der Waals surface area contributed by atoms with E-state index in [1.165, 1.54) is 30.9 Å². The van der Waals surface area contributed by atoms with Crippen molar-refractivity contribution in [1.82, 2.24) is 4.98 Å². The number of methoxy groups -OCH3 is 1. The predicted molar refractivity (Wildman–Crippen MR) is 108 cm³/mol. The summed E-state index contributed by atoms with van der Waals surface area (Å²) in [6.07, 6.45) is 4.41. The highest BCUT2D eigenvalue weighted by Crippen LogP contribution is 2.30. The molecule has 1 heterocycles. The number of nitrogens with one attached hydrogen (secondary N) is 1.